The van der Waals surface area contributed by atoms with Gasteiger partial charge in [0.2, 0.25) is 5.91 Å². The fourth-order valence-corrected chi connectivity index (χ4v) is 2.89. The molecule has 3 rings (SSSR count). The molecule has 1 aromatic heterocycles. The smallest absolute Gasteiger partial charge is 0.238 e. The number of hydrogen-bond donors (Lipinski definition) is 2. The number of hydrogen-bond acceptors (Lipinski definition) is 4. The lowest BCUT2D eigenvalue weighted by Crippen LogP contribution is -2.21. The third-order valence-corrected chi connectivity index (χ3v) is 4.07. The van der Waals surface area contributed by atoms with Crippen molar-refractivity contribution in [2.75, 3.05) is 11.9 Å². The number of rotatable bonds is 4. The molecule has 1 heterocycles. The number of benzene rings is 2. The minimum atomic E-state index is -0.201. The number of carbonyl (C=O) groups is 1. The normalized spacial score (nSPS) is 10.4. The monoisotopic (exact) mass is 309 g/mol. The first-order valence-electron chi connectivity index (χ1n) is 6.87. The van der Waals surface area contributed by atoms with E-state index in [0.717, 1.165) is 27.5 Å². The van der Waals surface area contributed by atoms with Gasteiger partial charge in [-0.25, -0.2) is 4.98 Å². The summed E-state index contributed by atoms with van der Waals surface area (Å²) in [7, 11) is 0. The van der Waals surface area contributed by atoms with Crippen LogP contribution >= 0.6 is 11.3 Å². The molecule has 3 aromatic rings. The van der Waals surface area contributed by atoms with Gasteiger partial charge in [0.15, 0.2) is 0 Å². The lowest BCUT2D eigenvalue weighted by molar-refractivity contribution is -0.114. The Bertz CT molecular complexity index is 766. The van der Waals surface area contributed by atoms with Gasteiger partial charge >= 0.3 is 0 Å². The third-order valence-electron chi connectivity index (χ3n) is 3.17. The minimum Gasteiger partial charge on any atom is -0.325 e. The number of thiazole rings is 1. The summed E-state index contributed by atoms with van der Waals surface area (Å²) >= 11 is 1.62. The lowest BCUT2D eigenvalue weighted by atomic mass is 10.1. The molecule has 0 unspecified atom stereocenters. The van der Waals surface area contributed by atoms with Crippen molar-refractivity contribution in [3.05, 3.63) is 60.0 Å². The van der Waals surface area contributed by atoms with Gasteiger partial charge in [0.1, 0.15) is 5.01 Å². The number of amides is 1. The van der Waals surface area contributed by atoms with E-state index in [0.29, 0.717) is 0 Å². The maximum atomic E-state index is 11.2. The highest BCUT2D eigenvalue weighted by atomic mass is 32.1. The van der Waals surface area contributed by atoms with Gasteiger partial charge in [0.25, 0.3) is 0 Å². The van der Waals surface area contributed by atoms with E-state index >= 15 is 0 Å². The third kappa shape index (κ3) is 3.21. The fourth-order valence-electron chi connectivity index (χ4n) is 2.06. The molecule has 0 fully saturated rings. The van der Waals surface area contributed by atoms with Crippen molar-refractivity contribution in [3.8, 4) is 21.8 Å². The van der Waals surface area contributed by atoms with Crippen LogP contribution in [-0.2, 0) is 4.79 Å². The predicted molar refractivity (Wildman–Crippen MR) is 90.7 cm³/mol. The molecule has 0 atom stereocenters. The Morgan fingerprint density at radius 2 is 1.77 bits per heavy atom. The Morgan fingerprint density at radius 1 is 1.05 bits per heavy atom. The van der Waals surface area contributed by atoms with Crippen molar-refractivity contribution >= 4 is 22.9 Å². The molecule has 4 nitrogen and oxygen atoms in total. The number of aromatic nitrogens is 1. The average Bonchev–Trinajstić information content (AvgIpc) is 3.06. The van der Waals surface area contributed by atoms with Gasteiger partial charge in [-0.1, -0.05) is 42.5 Å². The molecule has 0 aliphatic heterocycles. The highest BCUT2D eigenvalue weighted by molar-refractivity contribution is 7.13. The quantitative estimate of drug-likeness (QED) is 0.776. The molecule has 5 heteroatoms. The molecule has 0 spiro atoms. The second-order valence-electron chi connectivity index (χ2n) is 4.73. The van der Waals surface area contributed by atoms with E-state index in [1.165, 1.54) is 0 Å². The first-order chi connectivity index (χ1) is 10.8. The van der Waals surface area contributed by atoms with Crippen LogP contribution in [0.15, 0.2) is 60.0 Å². The van der Waals surface area contributed by atoms with Crippen LogP contribution in [0.1, 0.15) is 0 Å². The minimum absolute atomic E-state index is 0.0196. The second-order valence-corrected chi connectivity index (χ2v) is 5.59. The summed E-state index contributed by atoms with van der Waals surface area (Å²) in [5.74, 6) is -0.201. The maximum Gasteiger partial charge on any atom is 0.238 e. The second kappa shape index (κ2) is 6.51. The molecule has 0 radical (unpaired) electrons. The molecule has 22 heavy (non-hydrogen) atoms. The van der Waals surface area contributed by atoms with E-state index in [2.05, 4.69) is 10.3 Å². The number of nitrogens with two attached hydrogens (primary N) is 1. The standard InChI is InChI=1S/C17H15N3OS/c18-10-16(21)19-14-8-6-12(7-9-14)15-11-22-17(20-15)13-4-2-1-3-5-13/h1-9,11H,10,18H2,(H,19,21). The Kier molecular flexibility index (Phi) is 4.27. The van der Waals surface area contributed by atoms with Crippen LogP contribution in [0.4, 0.5) is 5.69 Å². The van der Waals surface area contributed by atoms with Gasteiger partial charge < -0.3 is 11.1 Å². The highest BCUT2D eigenvalue weighted by Gasteiger charge is 2.07. The van der Waals surface area contributed by atoms with Crippen molar-refractivity contribution in [1.82, 2.24) is 4.98 Å². The molecule has 0 saturated heterocycles. The molecular formula is C17H15N3OS. The van der Waals surface area contributed by atoms with Crippen LogP contribution in [0, 0.1) is 0 Å². The Labute approximate surface area is 132 Å². The summed E-state index contributed by atoms with van der Waals surface area (Å²) < 4.78 is 0. The van der Waals surface area contributed by atoms with Crippen LogP contribution in [-0.4, -0.2) is 17.4 Å². The summed E-state index contributed by atoms with van der Waals surface area (Å²) in [5, 5.41) is 5.75. The summed E-state index contributed by atoms with van der Waals surface area (Å²) in [5.41, 5.74) is 9.08. The first-order valence-corrected chi connectivity index (χ1v) is 7.75. The van der Waals surface area contributed by atoms with E-state index in [1.807, 2.05) is 60.0 Å². The highest BCUT2D eigenvalue weighted by Crippen LogP contribution is 2.29. The maximum absolute atomic E-state index is 11.2. The molecule has 1 amide bonds. The largest absolute Gasteiger partial charge is 0.325 e. The zero-order chi connectivity index (χ0) is 15.4. The van der Waals surface area contributed by atoms with Gasteiger partial charge in [-0.2, -0.15) is 0 Å². The predicted octanol–water partition coefficient (Wildman–Crippen LogP) is 3.37. The molecule has 3 N–H and O–H groups in total. The SMILES string of the molecule is NCC(=O)Nc1ccc(-c2csc(-c3ccccc3)n2)cc1. The molecule has 0 saturated carbocycles. The van der Waals surface area contributed by atoms with Crippen molar-refractivity contribution in [2.24, 2.45) is 5.73 Å². The van der Waals surface area contributed by atoms with Crippen LogP contribution in [0.5, 0.6) is 0 Å². The van der Waals surface area contributed by atoms with Crippen LogP contribution < -0.4 is 11.1 Å². The molecule has 0 aliphatic carbocycles. The average molecular weight is 309 g/mol. The fraction of sp³-hybridized carbons (Fsp3) is 0.0588. The van der Waals surface area contributed by atoms with E-state index < -0.39 is 0 Å². The first kappa shape index (κ1) is 14.4. The molecule has 0 bridgehead atoms. The van der Waals surface area contributed by atoms with Crippen molar-refractivity contribution in [2.45, 2.75) is 0 Å². The van der Waals surface area contributed by atoms with E-state index in [-0.39, 0.29) is 12.5 Å². The zero-order valence-electron chi connectivity index (χ0n) is 11.8. The van der Waals surface area contributed by atoms with Gasteiger partial charge in [-0.05, 0) is 12.1 Å². The van der Waals surface area contributed by atoms with E-state index in [9.17, 15) is 4.79 Å². The Hall–Kier alpha value is -2.50. The van der Waals surface area contributed by atoms with E-state index in [4.69, 9.17) is 5.73 Å². The summed E-state index contributed by atoms with van der Waals surface area (Å²) in [6.07, 6.45) is 0. The van der Waals surface area contributed by atoms with Crippen molar-refractivity contribution in [3.63, 3.8) is 0 Å². The molecule has 2 aromatic carbocycles. The number of nitrogens with one attached hydrogen (secondary N) is 1. The number of carbonyl (C=O) groups excluding carboxylic acids is 1. The van der Waals surface area contributed by atoms with Crippen molar-refractivity contribution in [1.29, 1.82) is 0 Å². The van der Waals surface area contributed by atoms with Crippen LogP contribution in [0.3, 0.4) is 0 Å². The Morgan fingerprint density at radius 3 is 2.45 bits per heavy atom. The van der Waals surface area contributed by atoms with Crippen LogP contribution in [0.25, 0.3) is 21.8 Å². The van der Waals surface area contributed by atoms with Gasteiger partial charge in [-0.15, -0.1) is 11.3 Å². The zero-order valence-corrected chi connectivity index (χ0v) is 12.6. The number of nitrogens with zero attached hydrogens (tertiary/aromatic N) is 1. The molecule has 0 aliphatic rings. The summed E-state index contributed by atoms with van der Waals surface area (Å²) in [6.45, 7) is -0.0196. The summed E-state index contributed by atoms with van der Waals surface area (Å²) in [4.78, 5) is 15.9. The molecular weight excluding hydrogens is 294 g/mol. The Balaban J connectivity index is 1.80. The number of anilines is 1. The van der Waals surface area contributed by atoms with Gasteiger partial charge in [-0.3, -0.25) is 4.79 Å². The molecule has 110 valence electrons. The van der Waals surface area contributed by atoms with Crippen LogP contribution in [0.2, 0.25) is 0 Å². The van der Waals surface area contributed by atoms with Gasteiger partial charge in [0.05, 0.1) is 12.2 Å². The lowest BCUT2D eigenvalue weighted by Gasteiger charge is -2.04. The van der Waals surface area contributed by atoms with Gasteiger partial charge in [0, 0.05) is 22.2 Å². The van der Waals surface area contributed by atoms with Crippen molar-refractivity contribution < 1.29 is 4.79 Å². The van der Waals surface area contributed by atoms with E-state index in [1.54, 1.807) is 11.3 Å². The summed E-state index contributed by atoms with van der Waals surface area (Å²) in [6, 6.07) is 17.7. The topological polar surface area (TPSA) is 68.0 Å².